The molecule has 0 aliphatic carbocycles. The predicted octanol–water partition coefficient (Wildman–Crippen LogP) is 4.33. The van der Waals surface area contributed by atoms with Gasteiger partial charge in [0, 0.05) is 30.2 Å². The van der Waals surface area contributed by atoms with Gasteiger partial charge in [-0.05, 0) is 39.0 Å². The fourth-order valence-electron chi connectivity index (χ4n) is 2.58. The van der Waals surface area contributed by atoms with Gasteiger partial charge < -0.3 is 19.2 Å². The molecule has 26 heavy (non-hydrogen) atoms. The quantitative estimate of drug-likeness (QED) is 0.468. The van der Waals surface area contributed by atoms with Crippen LogP contribution >= 0.6 is 11.8 Å². The fraction of sp³-hybridized carbons (Fsp3) is 0.368. The Morgan fingerprint density at radius 1 is 1.27 bits per heavy atom. The summed E-state index contributed by atoms with van der Waals surface area (Å²) in [7, 11) is 1.66. The highest BCUT2D eigenvalue weighted by Crippen LogP contribution is 2.28. The first-order valence-electron chi connectivity index (χ1n) is 8.50. The maximum absolute atomic E-state index is 5.84. The normalized spacial score (nSPS) is 12.3. The third-order valence-electron chi connectivity index (χ3n) is 3.97. The Bertz CT molecular complexity index is 882. The van der Waals surface area contributed by atoms with Gasteiger partial charge in [-0.3, -0.25) is 4.98 Å². The van der Waals surface area contributed by atoms with Crippen LogP contribution in [0.25, 0.3) is 11.0 Å². The summed E-state index contributed by atoms with van der Waals surface area (Å²) >= 11 is 1.61. The zero-order valence-corrected chi connectivity index (χ0v) is 16.2. The van der Waals surface area contributed by atoms with E-state index in [1.54, 1.807) is 25.1 Å². The average Bonchev–Trinajstić information content (AvgIpc) is 3.04. The van der Waals surface area contributed by atoms with Crippen LogP contribution in [-0.2, 0) is 10.5 Å². The average molecular weight is 373 g/mol. The monoisotopic (exact) mass is 373 g/mol. The molecule has 0 amide bonds. The number of methoxy groups -OCH3 is 1. The molecule has 3 rings (SSSR count). The Morgan fingerprint density at radius 3 is 2.88 bits per heavy atom. The van der Waals surface area contributed by atoms with Crippen molar-refractivity contribution in [1.82, 2.24) is 15.0 Å². The van der Waals surface area contributed by atoms with Gasteiger partial charge in [-0.2, -0.15) is 0 Å². The van der Waals surface area contributed by atoms with Crippen molar-refractivity contribution in [2.24, 2.45) is 0 Å². The first-order chi connectivity index (χ1) is 12.6. The van der Waals surface area contributed by atoms with Crippen LogP contribution in [0.5, 0.6) is 11.5 Å². The van der Waals surface area contributed by atoms with Crippen LogP contribution < -0.4 is 9.47 Å². The molecule has 138 valence electrons. The molecule has 2 aromatic heterocycles. The maximum Gasteiger partial charge on any atom is 0.196 e. The summed E-state index contributed by atoms with van der Waals surface area (Å²) in [5.41, 5.74) is 3.86. The number of benzene rings is 1. The molecular weight excluding hydrogens is 350 g/mol. The van der Waals surface area contributed by atoms with E-state index in [4.69, 9.17) is 14.2 Å². The Hall–Kier alpha value is -2.25. The molecule has 1 unspecified atom stereocenters. The lowest BCUT2D eigenvalue weighted by Crippen LogP contribution is -2.16. The number of aromatic nitrogens is 3. The van der Waals surface area contributed by atoms with Gasteiger partial charge >= 0.3 is 0 Å². The zero-order chi connectivity index (χ0) is 18.5. The molecule has 0 radical (unpaired) electrons. The maximum atomic E-state index is 5.84. The van der Waals surface area contributed by atoms with Gasteiger partial charge in [0.25, 0.3) is 0 Å². The van der Waals surface area contributed by atoms with E-state index < -0.39 is 0 Å². The van der Waals surface area contributed by atoms with Gasteiger partial charge in [-0.15, -0.1) is 0 Å². The number of thioether (sulfide) groups is 1. The molecule has 0 aliphatic rings. The summed E-state index contributed by atoms with van der Waals surface area (Å²) in [5.74, 6) is 2.30. The Morgan fingerprint density at radius 2 is 2.12 bits per heavy atom. The molecule has 0 bridgehead atoms. The third kappa shape index (κ3) is 4.28. The number of fused-ring (bicyclic) bond motifs is 1. The number of rotatable bonds is 8. The van der Waals surface area contributed by atoms with Gasteiger partial charge in [0.15, 0.2) is 11.4 Å². The summed E-state index contributed by atoms with van der Waals surface area (Å²) in [4.78, 5) is 12.4. The molecule has 0 spiro atoms. The largest absolute Gasteiger partial charge is 0.497 e. The number of hydrogen-bond donors (Lipinski definition) is 1. The van der Waals surface area contributed by atoms with E-state index in [0.717, 1.165) is 38.9 Å². The van der Waals surface area contributed by atoms with Crippen LogP contribution in [0.2, 0.25) is 0 Å². The van der Waals surface area contributed by atoms with E-state index in [0.29, 0.717) is 12.4 Å². The zero-order valence-electron chi connectivity index (χ0n) is 15.4. The fourth-order valence-corrected chi connectivity index (χ4v) is 3.49. The van der Waals surface area contributed by atoms with Gasteiger partial charge in [0.2, 0.25) is 0 Å². The molecule has 1 aromatic carbocycles. The minimum Gasteiger partial charge on any atom is -0.497 e. The molecule has 0 saturated heterocycles. The summed E-state index contributed by atoms with van der Waals surface area (Å²) in [6.45, 7) is 6.47. The van der Waals surface area contributed by atoms with Crippen LogP contribution in [0.1, 0.15) is 25.1 Å². The van der Waals surface area contributed by atoms with Gasteiger partial charge in [-0.25, -0.2) is 4.98 Å². The van der Waals surface area contributed by atoms with E-state index in [1.807, 2.05) is 45.0 Å². The van der Waals surface area contributed by atoms with Crippen LogP contribution in [0, 0.1) is 6.92 Å². The van der Waals surface area contributed by atoms with Gasteiger partial charge in [0.05, 0.1) is 23.8 Å². The van der Waals surface area contributed by atoms with E-state index in [-0.39, 0.29) is 6.29 Å². The highest BCUT2D eigenvalue weighted by molar-refractivity contribution is 7.98. The topological polar surface area (TPSA) is 69.3 Å². The summed E-state index contributed by atoms with van der Waals surface area (Å²) in [6, 6.07) is 7.66. The lowest BCUT2D eigenvalue weighted by atomic mass is 10.2. The predicted molar refractivity (Wildman–Crippen MR) is 103 cm³/mol. The van der Waals surface area contributed by atoms with Crippen LogP contribution in [-0.4, -0.2) is 35.0 Å². The van der Waals surface area contributed by atoms with Crippen molar-refractivity contribution < 1.29 is 14.2 Å². The second-order valence-electron chi connectivity index (χ2n) is 5.74. The molecule has 0 aliphatic heterocycles. The number of nitrogens with zero attached hydrogens (tertiary/aromatic N) is 2. The number of H-pyrrole nitrogens is 1. The third-order valence-corrected chi connectivity index (χ3v) is 4.85. The first-order valence-corrected chi connectivity index (χ1v) is 9.48. The molecule has 6 nitrogen and oxygen atoms in total. The minimum atomic E-state index is -0.285. The number of aromatic amines is 1. The SMILES string of the molecule is CCOC(C)Oc1ccnc(CSc2nc3ccc(OC)cc3[nH]2)c1C. The van der Waals surface area contributed by atoms with Crippen molar-refractivity contribution in [3.8, 4) is 11.5 Å². The summed E-state index contributed by atoms with van der Waals surface area (Å²) < 4.78 is 16.5. The number of nitrogens with one attached hydrogen (secondary N) is 1. The Kier molecular flexibility index (Phi) is 6.00. The molecule has 3 aromatic rings. The van der Waals surface area contributed by atoms with E-state index in [9.17, 15) is 0 Å². The van der Waals surface area contributed by atoms with Gasteiger partial charge in [-0.1, -0.05) is 11.8 Å². The van der Waals surface area contributed by atoms with E-state index >= 15 is 0 Å². The molecule has 2 heterocycles. The van der Waals surface area contributed by atoms with Crippen molar-refractivity contribution in [2.45, 2.75) is 38.0 Å². The molecule has 0 fully saturated rings. The Balaban J connectivity index is 1.71. The highest BCUT2D eigenvalue weighted by Gasteiger charge is 2.12. The van der Waals surface area contributed by atoms with Crippen LogP contribution in [0.4, 0.5) is 0 Å². The lowest BCUT2D eigenvalue weighted by molar-refractivity contribution is -0.0617. The second-order valence-corrected chi connectivity index (χ2v) is 6.70. The van der Waals surface area contributed by atoms with E-state index in [1.165, 1.54) is 0 Å². The smallest absolute Gasteiger partial charge is 0.196 e. The number of hydrogen-bond acceptors (Lipinski definition) is 6. The molecule has 0 saturated carbocycles. The first kappa shape index (κ1) is 18.5. The minimum absolute atomic E-state index is 0.285. The molecule has 7 heteroatoms. The van der Waals surface area contributed by atoms with Crippen molar-refractivity contribution in [2.75, 3.05) is 13.7 Å². The van der Waals surface area contributed by atoms with Gasteiger partial charge in [0.1, 0.15) is 11.5 Å². The molecule has 1 atom stereocenters. The molecule has 1 N–H and O–H groups in total. The van der Waals surface area contributed by atoms with Crippen molar-refractivity contribution in [3.63, 3.8) is 0 Å². The van der Waals surface area contributed by atoms with Crippen LogP contribution in [0.3, 0.4) is 0 Å². The van der Waals surface area contributed by atoms with Crippen molar-refractivity contribution >= 4 is 22.8 Å². The standard InChI is InChI=1S/C19H23N3O3S/c1-5-24-13(3)25-18-8-9-20-17(12(18)2)11-26-19-21-15-7-6-14(23-4)10-16(15)22-19/h6-10,13H,5,11H2,1-4H3,(H,21,22). The summed E-state index contributed by atoms with van der Waals surface area (Å²) in [6.07, 6.45) is 1.48. The van der Waals surface area contributed by atoms with E-state index in [2.05, 4.69) is 15.0 Å². The number of ether oxygens (including phenoxy) is 3. The Labute approximate surface area is 157 Å². The second kappa shape index (κ2) is 8.42. The lowest BCUT2D eigenvalue weighted by Gasteiger charge is -2.17. The molecular formula is C19H23N3O3S. The van der Waals surface area contributed by atoms with Crippen molar-refractivity contribution in [3.05, 3.63) is 41.7 Å². The number of imidazole rings is 1. The highest BCUT2D eigenvalue weighted by atomic mass is 32.2. The summed E-state index contributed by atoms with van der Waals surface area (Å²) in [5, 5.41) is 0.850. The number of pyridine rings is 1. The van der Waals surface area contributed by atoms with Crippen LogP contribution in [0.15, 0.2) is 35.6 Å². The van der Waals surface area contributed by atoms with Crippen molar-refractivity contribution in [1.29, 1.82) is 0 Å².